The molecule has 0 aromatic rings. The summed E-state index contributed by atoms with van der Waals surface area (Å²) in [4.78, 5) is 50.5. The lowest BCUT2D eigenvalue weighted by atomic mass is 9.93. The summed E-state index contributed by atoms with van der Waals surface area (Å²) >= 11 is 0. The molecule has 0 heterocycles. The maximum Gasteiger partial charge on any atom is 0.306 e. The summed E-state index contributed by atoms with van der Waals surface area (Å²) in [6.45, 7) is 13.6. The number of nitrogens with one attached hydrogen (secondary N) is 1. The monoisotopic (exact) mass is 605 g/mol. The molecule has 0 spiro atoms. The quantitative estimate of drug-likeness (QED) is 0.0756. The standard InChI is InChI=1S/C35H59NO7/c1-8-9-10-11-12-13-14-15-16-17-18-21-27-32(40)28(36-24-19-22-30(38)42-34(2,3)4)26-29(37)33(27)41-25-20-23-31(39)43-35(5,6)7/h26,36H,8-25H2,1-7H3. The highest BCUT2D eigenvalue weighted by molar-refractivity contribution is 6.21. The van der Waals surface area contributed by atoms with Crippen molar-refractivity contribution < 1.29 is 33.4 Å². The smallest absolute Gasteiger partial charge is 0.306 e. The van der Waals surface area contributed by atoms with Crippen LogP contribution in [0.2, 0.25) is 0 Å². The Labute approximate surface area is 260 Å². The van der Waals surface area contributed by atoms with Crippen LogP contribution in [0.1, 0.15) is 151 Å². The van der Waals surface area contributed by atoms with E-state index in [1.807, 2.05) is 41.5 Å². The fourth-order valence-electron chi connectivity index (χ4n) is 4.79. The fraction of sp³-hybridized carbons (Fsp3) is 0.771. The predicted molar refractivity (Wildman–Crippen MR) is 170 cm³/mol. The minimum atomic E-state index is -0.560. The molecular formula is C35H59NO7. The predicted octanol–water partition coefficient (Wildman–Crippen LogP) is 7.83. The van der Waals surface area contributed by atoms with E-state index in [2.05, 4.69) is 12.2 Å². The molecule has 0 bridgehead atoms. The van der Waals surface area contributed by atoms with Gasteiger partial charge in [-0.3, -0.25) is 19.2 Å². The number of rotatable bonds is 22. The maximum absolute atomic E-state index is 13.4. The zero-order valence-corrected chi connectivity index (χ0v) is 28.2. The summed E-state index contributed by atoms with van der Waals surface area (Å²) in [5, 5.41) is 3.05. The van der Waals surface area contributed by atoms with Gasteiger partial charge in [-0.25, -0.2) is 0 Å². The molecule has 0 radical (unpaired) electrons. The van der Waals surface area contributed by atoms with E-state index >= 15 is 0 Å². The Morgan fingerprint density at radius 2 is 1.19 bits per heavy atom. The Balaban J connectivity index is 2.67. The number of hydrogen-bond acceptors (Lipinski definition) is 8. The van der Waals surface area contributed by atoms with Crippen LogP contribution in [-0.4, -0.2) is 47.9 Å². The Morgan fingerprint density at radius 1 is 0.698 bits per heavy atom. The average molecular weight is 606 g/mol. The van der Waals surface area contributed by atoms with E-state index in [1.54, 1.807) is 0 Å². The highest BCUT2D eigenvalue weighted by atomic mass is 16.6. The molecule has 8 nitrogen and oxygen atoms in total. The third-order valence-electron chi connectivity index (χ3n) is 6.81. The first-order valence-corrected chi connectivity index (χ1v) is 16.6. The second kappa shape index (κ2) is 20.3. The van der Waals surface area contributed by atoms with E-state index in [0.29, 0.717) is 31.4 Å². The molecule has 246 valence electrons. The summed E-state index contributed by atoms with van der Waals surface area (Å²) < 4.78 is 16.5. The van der Waals surface area contributed by atoms with Crippen LogP contribution < -0.4 is 5.32 Å². The molecule has 0 fully saturated rings. The van der Waals surface area contributed by atoms with Crippen LogP contribution in [-0.2, 0) is 33.4 Å². The summed E-state index contributed by atoms with van der Waals surface area (Å²) in [5.74, 6) is -1.14. The lowest BCUT2D eigenvalue weighted by Crippen LogP contribution is -2.30. The van der Waals surface area contributed by atoms with E-state index < -0.39 is 11.2 Å². The van der Waals surface area contributed by atoms with Gasteiger partial charge in [-0.1, -0.05) is 71.1 Å². The summed E-state index contributed by atoms with van der Waals surface area (Å²) in [6.07, 6.45) is 16.1. The summed E-state index contributed by atoms with van der Waals surface area (Å²) in [7, 11) is 0. The first-order chi connectivity index (χ1) is 20.2. The van der Waals surface area contributed by atoms with E-state index in [9.17, 15) is 19.2 Å². The van der Waals surface area contributed by atoms with Crippen LogP contribution in [0.15, 0.2) is 23.1 Å². The van der Waals surface area contributed by atoms with Gasteiger partial charge in [0.25, 0.3) is 0 Å². The zero-order valence-electron chi connectivity index (χ0n) is 28.2. The first kappa shape index (κ1) is 38.4. The van der Waals surface area contributed by atoms with Gasteiger partial charge >= 0.3 is 11.9 Å². The van der Waals surface area contributed by atoms with Crippen molar-refractivity contribution in [2.45, 2.75) is 162 Å². The lowest BCUT2D eigenvalue weighted by molar-refractivity contribution is -0.156. The van der Waals surface area contributed by atoms with Gasteiger partial charge in [-0.05, 0) is 67.2 Å². The number of carbonyl (C=O) groups excluding carboxylic acids is 4. The summed E-state index contributed by atoms with van der Waals surface area (Å²) in [6, 6.07) is 0. The number of unbranched alkanes of at least 4 members (excludes halogenated alkanes) is 10. The van der Waals surface area contributed by atoms with Crippen molar-refractivity contribution in [3.63, 3.8) is 0 Å². The molecule has 0 saturated carbocycles. The van der Waals surface area contributed by atoms with E-state index in [-0.39, 0.29) is 54.4 Å². The van der Waals surface area contributed by atoms with Crippen LogP contribution in [0, 0.1) is 0 Å². The zero-order chi connectivity index (χ0) is 32.3. The van der Waals surface area contributed by atoms with Crippen LogP contribution in [0.3, 0.4) is 0 Å². The molecule has 43 heavy (non-hydrogen) atoms. The molecule has 0 atom stereocenters. The minimum absolute atomic E-state index is 0.0839. The van der Waals surface area contributed by atoms with Crippen molar-refractivity contribution in [2.75, 3.05) is 13.2 Å². The van der Waals surface area contributed by atoms with Gasteiger partial charge in [0.1, 0.15) is 11.2 Å². The van der Waals surface area contributed by atoms with Crippen LogP contribution in [0.5, 0.6) is 0 Å². The molecule has 0 aliphatic heterocycles. The van der Waals surface area contributed by atoms with Crippen molar-refractivity contribution in [1.82, 2.24) is 5.32 Å². The number of esters is 2. The van der Waals surface area contributed by atoms with E-state index in [4.69, 9.17) is 14.2 Å². The molecule has 1 N–H and O–H groups in total. The second-order valence-electron chi connectivity index (χ2n) is 13.5. The highest BCUT2D eigenvalue weighted by Crippen LogP contribution is 2.25. The van der Waals surface area contributed by atoms with Crippen molar-refractivity contribution in [3.8, 4) is 0 Å². The molecule has 0 unspecified atom stereocenters. The third kappa shape index (κ3) is 18.6. The normalized spacial score (nSPS) is 14.1. The Kier molecular flexibility index (Phi) is 18.2. The largest absolute Gasteiger partial charge is 0.489 e. The number of carbonyl (C=O) groups is 4. The van der Waals surface area contributed by atoms with Crippen molar-refractivity contribution in [3.05, 3.63) is 23.1 Å². The lowest BCUT2D eigenvalue weighted by Gasteiger charge is -2.21. The fourth-order valence-corrected chi connectivity index (χ4v) is 4.79. The molecule has 1 aliphatic rings. The topological polar surface area (TPSA) is 108 Å². The molecule has 1 rings (SSSR count). The molecule has 1 aliphatic carbocycles. The first-order valence-electron chi connectivity index (χ1n) is 16.6. The SMILES string of the molecule is CCCCCCCCCCCCCC1=C(OCCCC(=O)OC(C)(C)C)C(=O)C=C(NCCCC(=O)OC(C)(C)C)C1=O. The summed E-state index contributed by atoms with van der Waals surface area (Å²) in [5.41, 5.74) is -0.491. The average Bonchev–Trinajstić information content (AvgIpc) is 2.88. The van der Waals surface area contributed by atoms with Gasteiger partial charge in [-0.2, -0.15) is 0 Å². The van der Waals surface area contributed by atoms with Crippen molar-refractivity contribution >= 4 is 23.5 Å². The molecule has 0 amide bonds. The molecule has 0 aromatic heterocycles. The van der Waals surface area contributed by atoms with Crippen molar-refractivity contribution in [1.29, 1.82) is 0 Å². The highest BCUT2D eigenvalue weighted by Gasteiger charge is 2.30. The van der Waals surface area contributed by atoms with Gasteiger partial charge in [0.2, 0.25) is 11.6 Å². The number of ether oxygens (including phenoxy) is 3. The minimum Gasteiger partial charge on any atom is -0.489 e. The Hall–Kier alpha value is -2.64. The van der Waals surface area contributed by atoms with Crippen LogP contribution in [0.4, 0.5) is 0 Å². The maximum atomic E-state index is 13.4. The second-order valence-corrected chi connectivity index (χ2v) is 13.5. The Bertz CT molecular complexity index is 950. The van der Waals surface area contributed by atoms with Gasteiger partial charge in [-0.15, -0.1) is 0 Å². The van der Waals surface area contributed by atoms with Gasteiger partial charge < -0.3 is 19.5 Å². The number of allylic oxidation sites excluding steroid dienone is 2. The van der Waals surface area contributed by atoms with E-state index in [0.717, 1.165) is 19.3 Å². The van der Waals surface area contributed by atoms with E-state index in [1.165, 1.54) is 57.4 Å². The molecule has 0 aromatic carbocycles. The molecule has 8 heteroatoms. The Morgan fingerprint density at radius 3 is 1.70 bits per heavy atom. The van der Waals surface area contributed by atoms with Gasteiger partial charge in [0.05, 0.1) is 12.3 Å². The number of ketones is 2. The number of Topliss-reactive ketones (excluding diaryl/α,β-unsaturated/α-hetero) is 1. The van der Waals surface area contributed by atoms with Gasteiger partial charge in [0, 0.05) is 31.0 Å². The van der Waals surface area contributed by atoms with Crippen LogP contribution >= 0.6 is 0 Å². The molecule has 0 saturated heterocycles. The van der Waals surface area contributed by atoms with Crippen LogP contribution in [0.25, 0.3) is 0 Å². The third-order valence-corrected chi connectivity index (χ3v) is 6.81. The number of hydrogen-bond donors (Lipinski definition) is 1. The van der Waals surface area contributed by atoms with Gasteiger partial charge in [0.15, 0.2) is 5.76 Å². The molecular weight excluding hydrogens is 546 g/mol. The van der Waals surface area contributed by atoms with Crippen molar-refractivity contribution in [2.24, 2.45) is 0 Å².